The minimum absolute atomic E-state index is 0.0448. The van der Waals surface area contributed by atoms with Gasteiger partial charge in [-0.15, -0.1) is 0 Å². The summed E-state index contributed by atoms with van der Waals surface area (Å²) in [5, 5.41) is 16.2. The molecular formula is C26H22ClF5N4O3. The maximum Gasteiger partial charge on any atom is 0.426 e. The number of carbonyl (C=O) groups is 1. The molecule has 0 saturated carbocycles. The summed E-state index contributed by atoms with van der Waals surface area (Å²) in [6.45, 7) is 3.09. The Balaban J connectivity index is 1.67. The number of halogens is 6. The number of hydrogen-bond acceptors (Lipinski definition) is 5. The van der Waals surface area contributed by atoms with E-state index in [2.05, 4.69) is 15.4 Å². The number of para-hydroxylation sites is 1. The first-order valence-electron chi connectivity index (χ1n) is 11.5. The average Bonchev–Trinajstić information content (AvgIpc) is 3.27. The predicted octanol–water partition coefficient (Wildman–Crippen LogP) is 5.73. The first-order valence-corrected chi connectivity index (χ1v) is 11.9. The molecule has 0 aliphatic rings. The largest absolute Gasteiger partial charge is 0.487 e. The fourth-order valence-electron chi connectivity index (χ4n) is 3.92. The molecule has 0 aliphatic carbocycles. The lowest BCUT2D eigenvalue weighted by Gasteiger charge is -2.27. The van der Waals surface area contributed by atoms with Gasteiger partial charge in [0, 0.05) is 16.6 Å². The summed E-state index contributed by atoms with van der Waals surface area (Å²) in [5.74, 6) is -2.75. The third kappa shape index (κ3) is 5.66. The van der Waals surface area contributed by atoms with Crippen LogP contribution in [0.5, 0.6) is 5.75 Å². The molecule has 39 heavy (non-hydrogen) atoms. The Kier molecular flexibility index (Phi) is 7.55. The molecule has 2 heterocycles. The molecule has 206 valence electrons. The van der Waals surface area contributed by atoms with Crippen molar-refractivity contribution in [2.75, 3.05) is 0 Å². The highest BCUT2D eigenvalue weighted by atomic mass is 35.5. The second-order valence-electron chi connectivity index (χ2n) is 9.05. The van der Waals surface area contributed by atoms with Gasteiger partial charge in [-0.3, -0.25) is 4.79 Å². The van der Waals surface area contributed by atoms with E-state index < -0.39 is 35.4 Å². The number of pyridine rings is 1. The van der Waals surface area contributed by atoms with Crippen LogP contribution in [-0.2, 0) is 11.4 Å². The van der Waals surface area contributed by atoms with Gasteiger partial charge in [0.25, 0.3) is 5.91 Å². The van der Waals surface area contributed by atoms with Crippen LogP contribution in [0.4, 0.5) is 22.0 Å². The van der Waals surface area contributed by atoms with Gasteiger partial charge in [0.2, 0.25) is 5.60 Å². The molecule has 4 rings (SSSR count). The Morgan fingerprint density at radius 2 is 1.92 bits per heavy atom. The first kappa shape index (κ1) is 28.2. The molecule has 2 N–H and O–H groups in total. The molecule has 0 bridgehead atoms. The lowest BCUT2D eigenvalue weighted by molar-refractivity contribution is -0.245. The maximum absolute atomic E-state index is 14.2. The van der Waals surface area contributed by atoms with Crippen molar-refractivity contribution in [2.24, 2.45) is 0 Å². The van der Waals surface area contributed by atoms with E-state index in [0.717, 1.165) is 18.3 Å². The maximum atomic E-state index is 14.2. The zero-order valence-electron chi connectivity index (χ0n) is 20.8. The van der Waals surface area contributed by atoms with E-state index in [-0.39, 0.29) is 28.5 Å². The number of amides is 1. The predicted molar refractivity (Wildman–Crippen MR) is 133 cm³/mol. The topological polar surface area (TPSA) is 89.3 Å². The van der Waals surface area contributed by atoms with E-state index in [4.69, 9.17) is 16.3 Å². The monoisotopic (exact) mass is 568 g/mol. The van der Waals surface area contributed by atoms with Crippen molar-refractivity contribution in [3.63, 3.8) is 0 Å². The Hall–Kier alpha value is -3.77. The van der Waals surface area contributed by atoms with Crippen LogP contribution < -0.4 is 10.1 Å². The number of aryl methyl sites for hydroxylation is 1. The molecule has 0 unspecified atom stereocenters. The SMILES string of the molecule is Cc1cc(-n2cc(F)cn2)c2cccc(OCc3c(Cl)cc(F)cc3[C@H](C)NC(=O)[C@](C)(O)C(F)(F)F)c2n1. The van der Waals surface area contributed by atoms with Crippen LogP contribution in [-0.4, -0.2) is 37.6 Å². The third-order valence-electron chi connectivity index (χ3n) is 6.08. The smallest absolute Gasteiger partial charge is 0.426 e. The Labute approximate surface area is 224 Å². The minimum atomic E-state index is -5.23. The van der Waals surface area contributed by atoms with Crippen molar-refractivity contribution >= 4 is 28.4 Å². The highest BCUT2D eigenvalue weighted by molar-refractivity contribution is 6.31. The van der Waals surface area contributed by atoms with Crippen molar-refractivity contribution in [3.8, 4) is 11.4 Å². The molecule has 2 atom stereocenters. The average molecular weight is 569 g/mol. The number of aliphatic hydroxyl groups is 1. The molecule has 0 radical (unpaired) electrons. The van der Waals surface area contributed by atoms with Crippen LogP contribution in [0.1, 0.15) is 36.7 Å². The van der Waals surface area contributed by atoms with Gasteiger partial charge in [-0.25, -0.2) is 18.4 Å². The van der Waals surface area contributed by atoms with Crippen molar-refractivity contribution in [1.82, 2.24) is 20.1 Å². The second-order valence-corrected chi connectivity index (χ2v) is 9.45. The van der Waals surface area contributed by atoms with Gasteiger partial charge in [-0.1, -0.05) is 23.7 Å². The zero-order valence-corrected chi connectivity index (χ0v) is 21.5. The molecule has 1 amide bonds. The number of hydrogen-bond donors (Lipinski definition) is 2. The number of ether oxygens (including phenoxy) is 1. The van der Waals surface area contributed by atoms with E-state index >= 15 is 0 Å². The van der Waals surface area contributed by atoms with E-state index in [9.17, 15) is 31.9 Å². The normalized spacial score (nSPS) is 14.2. The number of alkyl halides is 3. The fraction of sp³-hybridized carbons (Fsp3) is 0.269. The van der Waals surface area contributed by atoms with Gasteiger partial charge in [0.05, 0.1) is 29.1 Å². The van der Waals surface area contributed by atoms with Crippen LogP contribution in [0.2, 0.25) is 5.02 Å². The number of nitrogens with zero attached hydrogens (tertiary/aromatic N) is 3. The van der Waals surface area contributed by atoms with Crippen LogP contribution in [0.15, 0.2) is 48.8 Å². The van der Waals surface area contributed by atoms with Crippen molar-refractivity contribution in [2.45, 2.75) is 45.2 Å². The minimum Gasteiger partial charge on any atom is -0.487 e. The molecule has 2 aromatic carbocycles. The highest BCUT2D eigenvalue weighted by Crippen LogP contribution is 2.34. The summed E-state index contributed by atoms with van der Waals surface area (Å²) < 4.78 is 74.5. The van der Waals surface area contributed by atoms with E-state index in [1.165, 1.54) is 17.8 Å². The van der Waals surface area contributed by atoms with Gasteiger partial charge >= 0.3 is 6.18 Å². The molecule has 2 aromatic heterocycles. The lowest BCUT2D eigenvalue weighted by atomic mass is 9.99. The van der Waals surface area contributed by atoms with Crippen molar-refractivity contribution < 1.29 is 36.6 Å². The number of aromatic nitrogens is 3. The summed E-state index contributed by atoms with van der Waals surface area (Å²) in [7, 11) is 0. The summed E-state index contributed by atoms with van der Waals surface area (Å²) in [5.41, 5.74) is -1.90. The van der Waals surface area contributed by atoms with E-state index in [1.807, 2.05) is 0 Å². The third-order valence-corrected chi connectivity index (χ3v) is 6.42. The first-order chi connectivity index (χ1) is 18.2. The molecule has 4 aromatic rings. The second kappa shape index (κ2) is 10.4. The molecule has 13 heteroatoms. The number of rotatable bonds is 7. The van der Waals surface area contributed by atoms with Crippen LogP contribution in [0, 0.1) is 18.6 Å². The molecule has 7 nitrogen and oxygen atoms in total. The van der Waals surface area contributed by atoms with Gasteiger partial charge < -0.3 is 15.2 Å². The summed E-state index contributed by atoms with van der Waals surface area (Å²) in [6.07, 6.45) is -2.96. The molecular weight excluding hydrogens is 547 g/mol. The lowest BCUT2D eigenvalue weighted by Crippen LogP contribution is -2.55. The highest BCUT2D eigenvalue weighted by Gasteiger charge is 2.56. The fourth-order valence-corrected chi connectivity index (χ4v) is 4.19. The summed E-state index contributed by atoms with van der Waals surface area (Å²) >= 11 is 6.27. The number of carbonyl (C=O) groups excluding carboxylic acids is 1. The van der Waals surface area contributed by atoms with E-state index in [1.54, 1.807) is 31.2 Å². The van der Waals surface area contributed by atoms with Crippen LogP contribution in [0.25, 0.3) is 16.6 Å². The molecule has 0 aliphatic heterocycles. The van der Waals surface area contributed by atoms with Gasteiger partial charge in [-0.2, -0.15) is 18.3 Å². The van der Waals surface area contributed by atoms with Gasteiger partial charge in [0.15, 0.2) is 5.82 Å². The quantitative estimate of drug-likeness (QED) is 0.278. The Morgan fingerprint density at radius 3 is 2.56 bits per heavy atom. The van der Waals surface area contributed by atoms with Crippen LogP contribution >= 0.6 is 11.6 Å². The van der Waals surface area contributed by atoms with Gasteiger partial charge in [-0.05, 0) is 50.6 Å². The summed E-state index contributed by atoms with van der Waals surface area (Å²) in [6, 6.07) is 7.57. The van der Waals surface area contributed by atoms with E-state index in [0.29, 0.717) is 29.2 Å². The molecule has 0 spiro atoms. The van der Waals surface area contributed by atoms with Crippen LogP contribution in [0.3, 0.4) is 0 Å². The van der Waals surface area contributed by atoms with Crippen molar-refractivity contribution in [1.29, 1.82) is 0 Å². The standard InChI is InChI=1S/C26H22ClF5N4O3/c1-13-7-21(36-11-16(29)10-33-36)17-5-4-6-22(23(17)34-13)39-12-19-18(8-15(28)9-20(19)27)14(2)35-24(37)25(3,38)26(30,31)32/h4-11,14,38H,12H2,1-3H3,(H,35,37)/t14-,25-/m0/s1. The Bertz CT molecular complexity index is 1550. The molecule has 0 saturated heterocycles. The zero-order chi connectivity index (χ0) is 28.7. The number of nitrogens with one attached hydrogen (secondary N) is 1. The Morgan fingerprint density at radius 1 is 1.21 bits per heavy atom. The summed E-state index contributed by atoms with van der Waals surface area (Å²) in [4.78, 5) is 16.7. The molecule has 0 fully saturated rings. The van der Waals surface area contributed by atoms with Crippen molar-refractivity contribution in [3.05, 3.63) is 82.3 Å². The van der Waals surface area contributed by atoms with Gasteiger partial charge in [0.1, 0.15) is 23.7 Å². The number of benzene rings is 2. The number of fused-ring (bicyclic) bond motifs is 1.